The molecule has 0 aliphatic heterocycles. The van der Waals surface area contributed by atoms with E-state index in [9.17, 15) is 4.79 Å². The second-order valence-corrected chi connectivity index (χ2v) is 3.76. The molecular weight excluding hydrogens is 167 g/mol. The first-order valence-corrected chi connectivity index (χ1v) is 4.73. The Labute approximate surface area is 96.9 Å². The minimum Gasteiger partial charge on any atom is -1.00 e. The Bertz CT molecular complexity index is 437. The summed E-state index contributed by atoms with van der Waals surface area (Å²) in [5.41, 5.74) is 4.85. The van der Waals surface area contributed by atoms with Crippen molar-refractivity contribution in [3.8, 4) is 0 Å². The first-order valence-electron chi connectivity index (χ1n) is 4.73. The number of carbonyl (C=O) groups is 1. The molecule has 0 radical (unpaired) electrons. The minimum absolute atomic E-state index is 0. The van der Waals surface area contributed by atoms with Crippen molar-refractivity contribution in [1.82, 2.24) is 0 Å². The molecule has 1 aromatic carbocycles. The van der Waals surface area contributed by atoms with Crippen LogP contribution in [0.3, 0.4) is 0 Å². The van der Waals surface area contributed by atoms with Crippen LogP contribution in [0, 0.1) is 0 Å². The summed E-state index contributed by atoms with van der Waals surface area (Å²) in [6, 6.07) is 4.26. The summed E-state index contributed by atoms with van der Waals surface area (Å²) in [6.07, 6.45) is 7.17. The third-order valence-electron chi connectivity index (χ3n) is 2.94. The van der Waals surface area contributed by atoms with Crippen LogP contribution in [0.25, 0.3) is 6.08 Å². The number of allylic oxidation sites excluding steroid dienone is 1. The average Bonchev–Trinajstić information content (AvgIpc) is 2.70. The van der Waals surface area contributed by atoms with Crippen molar-refractivity contribution in [1.29, 1.82) is 0 Å². The summed E-state index contributed by atoms with van der Waals surface area (Å²) in [4.78, 5) is 11.4. The van der Waals surface area contributed by atoms with Gasteiger partial charge in [-0.2, -0.15) is 0 Å². The van der Waals surface area contributed by atoms with Gasteiger partial charge in [0, 0.05) is 5.56 Å². The third kappa shape index (κ3) is 1.29. The predicted octanol–water partition coefficient (Wildman–Crippen LogP) is -0.499. The van der Waals surface area contributed by atoms with Gasteiger partial charge in [-0.25, -0.2) is 0 Å². The zero-order chi connectivity index (χ0) is 8.84. The summed E-state index contributed by atoms with van der Waals surface area (Å²) in [5, 5.41) is 0. The van der Waals surface area contributed by atoms with Crippen LogP contribution in [0.2, 0.25) is 0 Å². The number of fused-ring (bicyclic) bond motifs is 2. The SMILES string of the molecule is O=C1C=Cc2cc3c(cc21)CCC3.[H-].[Li+]. The molecule has 2 aliphatic carbocycles. The van der Waals surface area contributed by atoms with E-state index in [4.69, 9.17) is 0 Å². The molecule has 0 spiro atoms. The molecular formula is C12H11LiO. The molecule has 2 heteroatoms. The molecule has 0 heterocycles. The van der Waals surface area contributed by atoms with Crippen LogP contribution in [0.5, 0.6) is 0 Å². The van der Waals surface area contributed by atoms with Gasteiger partial charge in [-0.1, -0.05) is 12.1 Å². The Hall–Kier alpha value is -0.773. The quantitative estimate of drug-likeness (QED) is 0.489. The molecule has 0 amide bonds. The topological polar surface area (TPSA) is 17.1 Å². The van der Waals surface area contributed by atoms with Crippen LogP contribution in [-0.2, 0) is 12.8 Å². The third-order valence-corrected chi connectivity index (χ3v) is 2.94. The molecule has 0 N–H and O–H groups in total. The maximum atomic E-state index is 11.4. The van der Waals surface area contributed by atoms with Crippen molar-refractivity contribution in [3.63, 3.8) is 0 Å². The fraction of sp³-hybridized carbons (Fsp3) is 0.250. The van der Waals surface area contributed by atoms with Gasteiger partial charge in [0.1, 0.15) is 0 Å². The Morgan fingerprint density at radius 2 is 1.79 bits per heavy atom. The molecule has 1 aromatic rings. The number of hydrogen-bond acceptors (Lipinski definition) is 1. The molecule has 0 atom stereocenters. The molecule has 66 valence electrons. The van der Waals surface area contributed by atoms with E-state index in [-0.39, 0.29) is 26.1 Å². The van der Waals surface area contributed by atoms with Gasteiger partial charge in [-0.3, -0.25) is 4.79 Å². The zero-order valence-electron chi connectivity index (χ0n) is 9.34. The standard InChI is InChI=1S/C12H10O.Li.H/c13-12-5-4-10-6-8-2-1-3-9(8)7-11(10)12;;/h4-7H,1-3H2;;/q;+1;-1. The van der Waals surface area contributed by atoms with Crippen molar-refractivity contribution in [2.75, 3.05) is 0 Å². The largest absolute Gasteiger partial charge is 1.00 e. The van der Waals surface area contributed by atoms with Crippen molar-refractivity contribution < 1.29 is 25.1 Å². The number of carbonyl (C=O) groups excluding carboxylic acids is 1. The second kappa shape index (κ2) is 3.42. The van der Waals surface area contributed by atoms with E-state index < -0.39 is 0 Å². The Balaban J connectivity index is 0.000000562. The summed E-state index contributed by atoms with van der Waals surface area (Å²) in [5.74, 6) is 0.171. The molecule has 0 saturated carbocycles. The summed E-state index contributed by atoms with van der Waals surface area (Å²) in [6.45, 7) is 0. The van der Waals surface area contributed by atoms with E-state index in [2.05, 4.69) is 12.1 Å². The number of hydrogen-bond donors (Lipinski definition) is 0. The summed E-state index contributed by atoms with van der Waals surface area (Å²) in [7, 11) is 0. The Morgan fingerprint density at radius 3 is 2.57 bits per heavy atom. The minimum atomic E-state index is 0. The maximum Gasteiger partial charge on any atom is 1.00 e. The first-order chi connectivity index (χ1) is 6.34. The fourth-order valence-electron chi connectivity index (χ4n) is 2.25. The van der Waals surface area contributed by atoms with Crippen LogP contribution in [0.4, 0.5) is 0 Å². The van der Waals surface area contributed by atoms with Crippen LogP contribution >= 0.6 is 0 Å². The zero-order valence-corrected chi connectivity index (χ0v) is 8.34. The predicted molar refractivity (Wildman–Crippen MR) is 52.9 cm³/mol. The van der Waals surface area contributed by atoms with Crippen LogP contribution < -0.4 is 18.9 Å². The van der Waals surface area contributed by atoms with Crippen LogP contribution in [0.15, 0.2) is 18.2 Å². The molecule has 14 heavy (non-hydrogen) atoms. The van der Waals surface area contributed by atoms with E-state index in [1.54, 1.807) is 6.08 Å². The van der Waals surface area contributed by atoms with Crippen molar-refractivity contribution in [2.45, 2.75) is 19.3 Å². The summed E-state index contributed by atoms with van der Waals surface area (Å²) >= 11 is 0. The fourth-order valence-corrected chi connectivity index (χ4v) is 2.25. The molecule has 0 bridgehead atoms. The normalized spacial score (nSPS) is 16.4. The number of benzene rings is 1. The molecule has 2 aliphatic rings. The monoisotopic (exact) mass is 178 g/mol. The van der Waals surface area contributed by atoms with E-state index in [1.165, 1.54) is 24.0 Å². The number of aryl methyl sites for hydroxylation is 2. The van der Waals surface area contributed by atoms with Gasteiger partial charge in [0.25, 0.3) is 0 Å². The van der Waals surface area contributed by atoms with E-state index in [0.717, 1.165) is 17.5 Å². The van der Waals surface area contributed by atoms with Gasteiger partial charge in [-0.05, 0) is 48.1 Å². The van der Waals surface area contributed by atoms with Gasteiger partial charge in [-0.15, -0.1) is 0 Å². The van der Waals surface area contributed by atoms with E-state index in [1.807, 2.05) is 6.08 Å². The number of ketones is 1. The van der Waals surface area contributed by atoms with Gasteiger partial charge in [0.05, 0.1) is 0 Å². The molecule has 0 fully saturated rings. The average molecular weight is 178 g/mol. The smallest absolute Gasteiger partial charge is 1.00 e. The van der Waals surface area contributed by atoms with Crippen LogP contribution in [0.1, 0.15) is 34.9 Å². The molecule has 3 rings (SSSR count). The molecule has 0 aromatic heterocycles. The number of rotatable bonds is 0. The molecule has 0 unspecified atom stereocenters. The molecule has 0 saturated heterocycles. The van der Waals surface area contributed by atoms with Gasteiger partial charge < -0.3 is 1.43 Å². The van der Waals surface area contributed by atoms with Crippen molar-refractivity contribution in [3.05, 3.63) is 40.5 Å². The Kier molecular flexibility index (Phi) is 2.39. The van der Waals surface area contributed by atoms with Crippen molar-refractivity contribution >= 4 is 11.9 Å². The van der Waals surface area contributed by atoms with E-state index in [0.29, 0.717) is 0 Å². The van der Waals surface area contributed by atoms with Crippen LogP contribution in [-0.4, -0.2) is 5.78 Å². The summed E-state index contributed by atoms with van der Waals surface area (Å²) < 4.78 is 0. The van der Waals surface area contributed by atoms with Gasteiger partial charge >= 0.3 is 18.9 Å². The van der Waals surface area contributed by atoms with Crippen molar-refractivity contribution in [2.24, 2.45) is 0 Å². The van der Waals surface area contributed by atoms with Gasteiger partial charge in [0.2, 0.25) is 0 Å². The van der Waals surface area contributed by atoms with Gasteiger partial charge in [0.15, 0.2) is 5.78 Å². The second-order valence-electron chi connectivity index (χ2n) is 3.76. The van der Waals surface area contributed by atoms with E-state index >= 15 is 0 Å². The first kappa shape index (κ1) is 9.77. The molecule has 1 nitrogen and oxygen atoms in total. The maximum absolute atomic E-state index is 11.4. The Morgan fingerprint density at radius 1 is 1.07 bits per heavy atom.